The van der Waals surface area contributed by atoms with Crippen molar-refractivity contribution in [3.05, 3.63) is 21.1 Å². The van der Waals surface area contributed by atoms with Crippen LogP contribution in [0.5, 0.6) is 0 Å². The van der Waals surface area contributed by atoms with E-state index in [2.05, 4.69) is 27.1 Å². The summed E-state index contributed by atoms with van der Waals surface area (Å²) in [5.74, 6) is 0.218. The van der Waals surface area contributed by atoms with Crippen LogP contribution in [0.25, 0.3) is 0 Å². The molecule has 20 heavy (non-hydrogen) atoms. The van der Waals surface area contributed by atoms with E-state index < -0.39 is 4.92 Å². The van der Waals surface area contributed by atoms with E-state index in [1.165, 1.54) is 0 Å². The normalized spacial score (nSPS) is 19.9. The second kappa shape index (κ2) is 6.32. The number of nitro groups is 1. The van der Waals surface area contributed by atoms with Crippen LogP contribution in [0.2, 0.25) is 5.28 Å². The molecule has 0 bridgehead atoms. The summed E-state index contributed by atoms with van der Waals surface area (Å²) < 4.78 is 0. The van der Waals surface area contributed by atoms with Crippen LogP contribution in [0.15, 0.2) is 0 Å². The molecule has 1 aliphatic heterocycles. The fourth-order valence-corrected chi connectivity index (χ4v) is 2.72. The summed E-state index contributed by atoms with van der Waals surface area (Å²) in [6.45, 7) is 6.57. The van der Waals surface area contributed by atoms with Crippen molar-refractivity contribution in [1.29, 1.82) is 0 Å². The second-order valence-electron chi connectivity index (χ2n) is 4.91. The molecule has 8 heteroatoms. The van der Waals surface area contributed by atoms with Crippen molar-refractivity contribution in [1.82, 2.24) is 14.9 Å². The van der Waals surface area contributed by atoms with Gasteiger partial charge in [-0.2, -0.15) is 4.98 Å². The number of likely N-dealkylation sites (N-methyl/N-ethyl adjacent to an activating group) is 1. The molecule has 1 atom stereocenters. The molecule has 7 nitrogen and oxygen atoms in total. The Morgan fingerprint density at radius 3 is 2.95 bits per heavy atom. The molecule has 1 saturated heterocycles. The third-order valence-electron chi connectivity index (χ3n) is 3.51. The highest BCUT2D eigenvalue weighted by molar-refractivity contribution is 6.28. The van der Waals surface area contributed by atoms with Crippen molar-refractivity contribution in [2.75, 3.05) is 25.0 Å². The molecule has 1 N–H and O–H groups in total. The van der Waals surface area contributed by atoms with Gasteiger partial charge in [-0.3, -0.25) is 10.1 Å². The maximum atomic E-state index is 11.1. The molecule has 1 fully saturated rings. The number of halogens is 1. The van der Waals surface area contributed by atoms with E-state index in [0.29, 0.717) is 0 Å². The number of rotatable bonds is 4. The Morgan fingerprint density at radius 1 is 1.55 bits per heavy atom. The summed E-state index contributed by atoms with van der Waals surface area (Å²) in [6, 6.07) is 0.146. The summed E-state index contributed by atoms with van der Waals surface area (Å²) >= 11 is 5.81. The first kappa shape index (κ1) is 14.9. The van der Waals surface area contributed by atoms with E-state index in [1.807, 2.05) is 0 Å². The summed E-state index contributed by atoms with van der Waals surface area (Å²) in [5.41, 5.74) is 0.184. The fourth-order valence-electron chi connectivity index (χ4n) is 2.51. The molecule has 1 aromatic rings. The van der Waals surface area contributed by atoms with Gasteiger partial charge >= 0.3 is 5.69 Å². The molecular formula is C12H18ClN5O2. The van der Waals surface area contributed by atoms with Crippen LogP contribution in [-0.4, -0.2) is 45.5 Å². The molecule has 0 spiro atoms. The van der Waals surface area contributed by atoms with E-state index in [9.17, 15) is 10.1 Å². The number of likely N-dealkylation sites (tertiary alicyclic amines) is 1. The number of nitrogens with one attached hydrogen (secondary N) is 1. The molecule has 0 aliphatic carbocycles. The van der Waals surface area contributed by atoms with Crippen LogP contribution in [-0.2, 0) is 0 Å². The second-order valence-corrected chi connectivity index (χ2v) is 5.25. The van der Waals surface area contributed by atoms with Gasteiger partial charge in [-0.1, -0.05) is 6.92 Å². The van der Waals surface area contributed by atoms with Crippen LogP contribution in [0.3, 0.4) is 0 Å². The molecule has 0 amide bonds. The van der Waals surface area contributed by atoms with Crippen molar-refractivity contribution in [2.45, 2.75) is 32.7 Å². The van der Waals surface area contributed by atoms with Gasteiger partial charge in [0.2, 0.25) is 11.1 Å². The minimum atomic E-state index is -0.464. The zero-order valence-electron chi connectivity index (χ0n) is 11.6. The van der Waals surface area contributed by atoms with Crippen LogP contribution in [0.4, 0.5) is 11.5 Å². The van der Waals surface area contributed by atoms with Crippen LogP contribution in [0, 0.1) is 17.0 Å². The molecule has 0 radical (unpaired) electrons. The largest absolute Gasteiger partial charge is 0.360 e. The van der Waals surface area contributed by atoms with E-state index in [4.69, 9.17) is 11.6 Å². The number of hydrogen-bond acceptors (Lipinski definition) is 6. The number of aromatic nitrogens is 2. The Kier molecular flexibility index (Phi) is 4.72. The molecule has 0 aromatic carbocycles. The summed E-state index contributed by atoms with van der Waals surface area (Å²) in [4.78, 5) is 20.8. The molecule has 0 saturated carbocycles. The Labute approximate surface area is 122 Å². The highest BCUT2D eigenvalue weighted by Gasteiger charge is 2.26. The molecule has 2 rings (SSSR count). The smallest absolute Gasteiger partial charge is 0.332 e. The number of hydrogen-bond donors (Lipinski definition) is 1. The lowest BCUT2D eigenvalue weighted by Crippen LogP contribution is -2.42. The molecule has 2 heterocycles. The quantitative estimate of drug-likeness (QED) is 0.521. The van der Waals surface area contributed by atoms with Crippen molar-refractivity contribution < 1.29 is 4.92 Å². The van der Waals surface area contributed by atoms with Crippen molar-refractivity contribution >= 4 is 23.1 Å². The van der Waals surface area contributed by atoms with E-state index in [-0.39, 0.29) is 28.5 Å². The molecular weight excluding hydrogens is 282 g/mol. The van der Waals surface area contributed by atoms with Gasteiger partial charge in [0.15, 0.2) is 0 Å². The van der Waals surface area contributed by atoms with Crippen LogP contribution >= 0.6 is 11.6 Å². The fraction of sp³-hybridized carbons (Fsp3) is 0.667. The van der Waals surface area contributed by atoms with E-state index in [1.54, 1.807) is 6.92 Å². The lowest BCUT2D eigenvalue weighted by molar-refractivity contribution is -0.385. The van der Waals surface area contributed by atoms with Gasteiger partial charge in [0.25, 0.3) is 0 Å². The maximum Gasteiger partial charge on any atom is 0.332 e. The SMILES string of the molecule is CCN1CCCC(Nc2nc(Cl)nc(C)c2[N+](=O)[O-])C1. The van der Waals surface area contributed by atoms with E-state index >= 15 is 0 Å². The van der Waals surface area contributed by atoms with Crippen molar-refractivity contribution in [2.24, 2.45) is 0 Å². The van der Waals surface area contributed by atoms with Crippen molar-refractivity contribution in [3.63, 3.8) is 0 Å². The number of aryl methyl sites for hydroxylation is 1. The number of anilines is 1. The van der Waals surface area contributed by atoms with Gasteiger partial charge < -0.3 is 10.2 Å². The molecule has 110 valence electrons. The van der Waals surface area contributed by atoms with Gasteiger partial charge in [-0.25, -0.2) is 4.98 Å². The predicted octanol–water partition coefficient (Wildman–Crippen LogP) is 2.24. The first-order valence-corrected chi connectivity index (χ1v) is 7.06. The Morgan fingerprint density at radius 2 is 2.30 bits per heavy atom. The Balaban J connectivity index is 2.22. The average Bonchev–Trinajstić information content (AvgIpc) is 2.37. The highest BCUT2D eigenvalue weighted by Crippen LogP contribution is 2.28. The summed E-state index contributed by atoms with van der Waals surface area (Å²) in [5, 5.41) is 14.3. The predicted molar refractivity (Wildman–Crippen MR) is 77.2 cm³/mol. The van der Waals surface area contributed by atoms with Gasteiger partial charge in [0.05, 0.1) is 4.92 Å². The minimum absolute atomic E-state index is 0.0266. The molecule has 1 unspecified atom stereocenters. The zero-order valence-corrected chi connectivity index (χ0v) is 12.4. The summed E-state index contributed by atoms with van der Waals surface area (Å²) in [6.07, 6.45) is 2.03. The number of piperidine rings is 1. The third kappa shape index (κ3) is 3.34. The lowest BCUT2D eigenvalue weighted by atomic mass is 10.1. The summed E-state index contributed by atoms with van der Waals surface area (Å²) in [7, 11) is 0. The minimum Gasteiger partial charge on any atom is -0.360 e. The van der Waals surface area contributed by atoms with Gasteiger partial charge in [-0.15, -0.1) is 0 Å². The van der Waals surface area contributed by atoms with Gasteiger partial charge in [-0.05, 0) is 44.5 Å². The van der Waals surface area contributed by atoms with Gasteiger partial charge in [0, 0.05) is 12.6 Å². The Hall–Kier alpha value is -1.47. The standard InChI is InChI=1S/C12H18ClN5O2/c1-3-17-6-4-5-9(7-17)15-11-10(18(19)20)8(2)14-12(13)16-11/h9H,3-7H2,1-2H3,(H,14,15,16). The topological polar surface area (TPSA) is 84.2 Å². The average molecular weight is 300 g/mol. The first-order chi connectivity index (χ1) is 9.51. The first-order valence-electron chi connectivity index (χ1n) is 6.68. The van der Waals surface area contributed by atoms with Crippen molar-refractivity contribution in [3.8, 4) is 0 Å². The lowest BCUT2D eigenvalue weighted by Gasteiger charge is -2.32. The maximum absolute atomic E-state index is 11.1. The monoisotopic (exact) mass is 299 g/mol. The molecule has 1 aliphatic rings. The van der Waals surface area contributed by atoms with Gasteiger partial charge in [0.1, 0.15) is 5.69 Å². The highest BCUT2D eigenvalue weighted by atomic mass is 35.5. The third-order valence-corrected chi connectivity index (χ3v) is 3.68. The van der Waals surface area contributed by atoms with Crippen LogP contribution < -0.4 is 5.32 Å². The van der Waals surface area contributed by atoms with E-state index in [0.717, 1.165) is 32.5 Å². The van der Waals surface area contributed by atoms with Crippen LogP contribution in [0.1, 0.15) is 25.5 Å². The Bertz CT molecular complexity index is 511. The molecule has 1 aromatic heterocycles. The zero-order chi connectivity index (χ0) is 14.7. The number of nitrogens with zero attached hydrogens (tertiary/aromatic N) is 4.